The topological polar surface area (TPSA) is 69.6 Å². The van der Waals surface area contributed by atoms with Crippen molar-refractivity contribution in [3.8, 4) is 0 Å². The summed E-state index contributed by atoms with van der Waals surface area (Å²) in [6.45, 7) is 4.22. The summed E-state index contributed by atoms with van der Waals surface area (Å²) in [6, 6.07) is -0.632. The minimum Gasteiger partial charge on any atom is -0.394 e. The van der Waals surface area contributed by atoms with Crippen LogP contribution in [0.15, 0.2) is 122 Å². The molecule has 0 aromatic carbocycles. The average Bonchev–Trinajstić information content (AvgIpc) is 3.51. The Bertz CT molecular complexity index is 1610. The van der Waals surface area contributed by atoms with Gasteiger partial charge in [0.2, 0.25) is 5.91 Å². The van der Waals surface area contributed by atoms with Gasteiger partial charge in [0.15, 0.2) is 0 Å². The highest BCUT2D eigenvalue weighted by atomic mass is 16.3. The molecule has 0 saturated heterocycles. The lowest BCUT2D eigenvalue weighted by Gasteiger charge is -2.20. The van der Waals surface area contributed by atoms with Crippen LogP contribution in [0.3, 0.4) is 0 Å². The van der Waals surface area contributed by atoms with E-state index in [9.17, 15) is 15.0 Å². The molecule has 2 atom stereocenters. The van der Waals surface area contributed by atoms with Gasteiger partial charge >= 0.3 is 0 Å². The van der Waals surface area contributed by atoms with Gasteiger partial charge in [0.1, 0.15) is 0 Å². The summed E-state index contributed by atoms with van der Waals surface area (Å²) in [7, 11) is 0. The second kappa shape index (κ2) is 74.0. The van der Waals surface area contributed by atoms with Crippen molar-refractivity contribution < 1.29 is 15.0 Å². The van der Waals surface area contributed by atoms with Crippen molar-refractivity contribution in [3.63, 3.8) is 0 Å². The number of hydrogen-bond donors (Lipinski definition) is 3. The molecule has 0 heterocycles. The maximum Gasteiger partial charge on any atom is 0.220 e. The molecular weight excluding hydrogens is 1020 g/mol. The van der Waals surface area contributed by atoms with Gasteiger partial charge < -0.3 is 15.5 Å². The third-order valence-electron chi connectivity index (χ3n) is 16.5. The highest BCUT2D eigenvalue weighted by molar-refractivity contribution is 5.76. The van der Waals surface area contributed by atoms with Gasteiger partial charge in [0, 0.05) is 6.42 Å². The van der Waals surface area contributed by atoms with E-state index in [4.69, 9.17) is 0 Å². The Morgan fingerprint density at radius 3 is 0.786 bits per heavy atom. The Hall–Kier alpha value is -3.21. The molecule has 3 N–H and O–H groups in total. The molecule has 0 radical (unpaired) electrons. The van der Waals surface area contributed by atoms with E-state index in [0.29, 0.717) is 6.42 Å². The van der Waals surface area contributed by atoms with Crippen molar-refractivity contribution in [2.24, 2.45) is 0 Å². The minimum absolute atomic E-state index is 0.0647. The molecule has 4 heteroatoms. The van der Waals surface area contributed by atoms with Crippen molar-refractivity contribution in [2.45, 2.75) is 373 Å². The molecule has 0 bridgehead atoms. The Kier molecular flexibility index (Phi) is 71.2. The highest BCUT2D eigenvalue weighted by Gasteiger charge is 2.18. The number of nitrogens with one attached hydrogen (secondary N) is 1. The van der Waals surface area contributed by atoms with Gasteiger partial charge in [0.05, 0.1) is 18.8 Å². The molecule has 0 fully saturated rings. The molecule has 0 aliphatic rings. The second-order valence-corrected chi connectivity index (χ2v) is 24.6. The van der Waals surface area contributed by atoms with Crippen molar-refractivity contribution >= 4 is 5.91 Å². The SMILES string of the molecule is CC/C=C\C/C=C\C/C=C\C/C=C\C/C=C\C/C=C\C/C=C\C/C=C\C/C=C\CCCCCCCCCCCCCCCC(=O)NC(CO)C(O)/C=C/CCCCCCCCCCCCCCCCCCCCCCCCCCCCCCC. The van der Waals surface area contributed by atoms with Gasteiger partial charge in [-0.3, -0.25) is 4.79 Å². The van der Waals surface area contributed by atoms with Crippen molar-refractivity contribution in [1.82, 2.24) is 5.32 Å². The molecular formula is C80H141NO3. The molecule has 4 nitrogen and oxygen atoms in total. The smallest absolute Gasteiger partial charge is 0.220 e. The van der Waals surface area contributed by atoms with Crippen LogP contribution in [0.25, 0.3) is 0 Å². The van der Waals surface area contributed by atoms with Crippen molar-refractivity contribution in [1.29, 1.82) is 0 Å². The van der Waals surface area contributed by atoms with E-state index in [1.807, 2.05) is 6.08 Å². The summed E-state index contributed by atoms with van der Waals surface area (Å²) in [5.41, 5.74) is 0. The number of unbranched alkanes of at least 4 members (excludes halogenated alkanes) is 42. The number of rotatable bonds is 67. The number of carbonyl (C=O) groups excluding carboxylic acids is 1. The number of allylic oxidation sites excluding steroid dienone is 19. The van der Waals surface area contributed by atoms with Crippen LogP contribution in [0.1, 0.15) is 361 Å². The number of amides is 1. The monoisotopic (exact) mass is 1160 g/mol. The summed E-state index contributed by atoms with van der Waals surface area (Å²) < 4.78 is 0. The fourth-order valence-corrected chi connectivity index (χ4v) is 10.9. The predicted molar refractivity (Wildman–Crippen MR) is 377 cm³/mol. The quantitative estimate of drug-likeness (QED) is 0.0420. The maximum atomic E-state index is 12.6. The van der Waals surface area contributed by atoms with Crippen molar-refractivity contribution in [3.05, 3.63) is 122 Å². The zero-order valence-corrected chi connectivity index (χ0v) is 55.9. The number of aliphatic hydroxyl groups excluding tert-OH is 2. The van der Waals surface area contributed by atoms with Crippen LogP contribution >= 0.6 is 0 Å². The highest BCUT2D eigenvalue weighted by Crippen LogP contribution is 2.18. The van der Waals surface area contributed by atoms with Gasteiger partial charge in [-0.2, -0.15) is 0 Å². The Morgan fingerprint density at radius 1 is 0.298 bits per heavy atom. The van der Waals surface area contributed by atoms with Gasteiger partial charge in [-0.1, -0.05) is 386 Å². The first-order valence-electron chi connectivity index (χ1n) is 36.7. The van der Waals surface area contributed by atoms with Crippen molar-refractivity contribution in [2.75, 3.05) is 6.61 Å². The van der Waals surface area contributed by atoms with E-state index in [1.54, 1.807) is 6.08 Å². The molecule has 0 aliphatic carbocycles. The fourth-order valence-electron chi connectivity index (χ4n) is 10.9. The fraction of sp³-hybridized carbons (Fsp3) is 0.738. The Labute approximate surface area is 524 Å². The standard InChI is InChI=1S/C80H141NO3/c1-3-5-7-9-11-13-15-17-19-21-23-25-27-29-31-33-35-36-37-38-39-40-41-42-43-44-46-48-50-52-54-56-58-60-62-64-66-68-70-72-74-76-80(84)81-78(77-82)79(83)75-73-71-69-67-65-63-61-59-57-55-53-51-49-47-45-34-32-30-28-26-24-22-20-18-16-14-12-10-8-6-4-2/h5,7,11,13,17,19,23,25,29,31,35-36,38-39,41-42,44,46,73,75,78-79,82-83H,3-4,6,8-10,12,14-16,18,20-22,24,26-28,30,32-34,37,40,43,45,47-72,74,76-77H2,1-2H3,(H,81,84)/b7-5-,13-11-,19-17-,25-23-,31-29-,36-35-,39-38-,42-41-,46-44-,75-73+. The van der Waals surface area contributed by atoms with Gasteiger partial charge in [0.25, 0.3) is 0 Å². The third-order valence-corrected chi connectivity index (χ3v) is 16.5. The number of hydrogen-bond acceptors (Lipinski definition) is 3. The van der Waals surface area contributed by atoms with Gasteiger partial charge in [-0.05, 0) is 89.9 Å². The van der Waals surface area contributed by atoms with E-state index >= 15 is 0 Å². The summed E-state index contributed by atoms with van der Waals surface area (Å²) >= 11 is 0. The van der Waals surface area contributed by atoms with Gasteiger partial charge in [-0.15, -0.1) is 0 Å². The molecule has 0 aliphatic heterocycles. The normalized spacial score (nSPS) is 13.4. The van der Waals surface area contributed by atoms with Crippen LogP contribution in [0, 0.1) is 0 Å². The van der Waals surface area contributed by atoms with E-state index in [-0.39, 0.29) is 12.5 Å². The first-order chi connectivity index (χ1) is 41.7. The Morgan fingerprint density at radius 2 is 0.524 bits per heavy atom. The minimum atomic E-state index is -0.848. The van der Waals surface area contributed by atoms with Crippen LogP contribution in [-0.2, 0) is 4.79 Å². The number of aliphatic hydroxyl groups is 2. The first kappa shape index (κ1) is 80.8. The zero-order valence-electron chi connectivity index (χ0n) is 55.9. The lowest BCUT2D eigenvalue weighted by molar-refractivity contribution is -0.123. The molecule has 1 amide bonds. The molecule has 0 rings (SSSR count). The summed E-state index contributed by atoms with van der Waals surface area (Å²) in [5.74, 6) is -0.0647. The molecule has 0 aromatic rings. The summed E-state index contributed by atoms with van der Waals surface area (Å²) in [5, 5.41) is 23.3. The third kappa shape index (κ3) is 69.6. The maximum absolute atomic E-state index is 12.6. The molecule has 0 aromatic heterocycles. The molecule has 484 valence electrons. The number of carbonyl (C=O) groups is 1. The zero-order chi connectivity index (χ0) is 60.5. The van der Waals surface area contributed by atoms with Gasteiger partial charge in [-0.25, -0.2) is 0 Å². The van der Waals surface area contributed by atoms with Crippen LogP contribution in [0.5, 0.6) is 0 Å². The largest absolute Gasteiger partial charge is 0.394 e. The van der Waals surface area contributed by atoms with E-state index < -0.39 is 12.1 Å². The lowest BCUT2D eigenvalue weighted by atomic mass is 10.0. The lowest BCUT2D eigenvalue weighted by Crippen LogP contribution is -2.45. The molecule has 0 spiro atoms. The predicted octanol–water partition coefficient (Wildman–Crippen LogP) is 25.5. The first-order valence-corrected chi connectivity index (χ1v) is 36.7. The van der Waals surface area contributed by atoms with E-state index in [2.05, 4.69) is 129 Å². The molecule has 2 unspecified atom stereocenters. The summed E-state index contributed by atoms with van der Waals surface area (Å²) in [4.78, 5) is 12.6. The second-order valence-electron chi connectivity index (χ2n) is 24.6. The average molecular weight is 1170 g/mol. The van der Waals surface area contributed by atoms with Crippen LogP contribution < -0.4 is 5.32 Å². The van der Waals surface area contributed by atoms with E-state index in [0.717, 1.165) is 83.5 Å². The Balaban J connectivity index is 3.51. The van der Waals surface area contributed by atoms with Crippen LogP contribution in [-0.4, -0.2) is 34.9 Å². The molecule has 0 saturated carbocycles. The van der Waals surface area contributed by atoms with Crippen LogP contribution in [0.2, 0.25) is 0 Å². The van der Waals surface area contributed by atoms with Crippen LogP contribution in [0.4, 0.5) is 0 Å². The summed E-state index contributed by atoms with van der Waals surface area (Å²) in [6.07, 6.45) is 113. The molecule has 84 heavy (non-hydrogen) atoms. The van der Waals surface area contributed by atoms with E-state index in [1.165, 1.54) is 257 Å².